The first-order valence-corrected chi connectivity index (χ1v) is 12.7. The van der Waals surface area contributed by atoms with Crippen molar-refractivity contribution in [3.05, 3.63) is 103 Å². The molecule has 5 nitrogen and oxygen atoms in total. The van der Waals surface area contributed by atoms with Gasteiger partial charge in [-0.3, -0.25) is 14.2 Å². The van der Waals surface area contributed by atoms with Gasteiger partial charge in [0.1, 0.15) is 5.75 Å². The Bertz CT molecular complexity index is 1520. The largest absolute Gasteiger partial charge is 0.497 e. The number of thioether (sulfide) groups is 1. The van der Waals surface area contributed by atoms with E-state index in [1.54, 1.807) is 31.4 Å². The zero-order valence-corrected chi connectivity index (χ0v) is 20.9. The van der Waals surface area contributed by atoms with Crippen molar-refractivity contribution >= 4 is 51.1 Å². The molecule has 0 aliphatic heterocycles. The molecule has 1 N–H and O–H groups in total. The molecule has 1 aromatic heterocycles. The molecule has 0 fully saturated rings. The van der Waals surface area contributed by atoms with Crippen molar-refractivity contribution in [1.29, 1.82) is 0 Å². The number of hydrogen-bond acceptors (Lipinski definition) is 4. The van der Waals surface area contributed by atoms with Gasteiger partial charge in [0.25, 0.3) is 5.91 Å². The number of anilines is 1. The Hall–Kier alpha value is -4.03. The molecule has 36 heavy (non-hydrogen) atoms. The lowest BCUT2D eigenvalue weighted by molar-refractivity contribution is 0.0918. The van der Waals surface area contributed by atoms with Crippen molar-refractivity contribution in [1.82, 2.24) is 4.57 Å². The maximum absolute atomic E-state index is 13.8. The molecule has 0 aliphatic carbocycles. The number of fused-ring (bicyclic) bond motifs is 3. The van der Waals surface area contributed by atoms with Crippen LogP contribution in [0.5, 0.6) is 5.75 Å². The highest BCUT2D eigenvalue weighted by atomic mass is 32.2. The van der Waals surface area contributed by atoms with Gasteiger partial charge < -0.3 is 10.1 Å². The molecule has 4 aromatic carbocycles. The van der Waals surface area contributed by atoms with Crippen molar-refractivity contribution < 1.29 is 14.3 Å². The second-order valence-corrected chi connectivity index (χ2v) is 9.71. The minimum atomic E-state index is -0.284. The predicted molar refractivity (Wildman–Crippen MR) is 147 cm³/mol. The molecule has 1 unspecified atom stereocenters. The highest BCUT2D eigenvalue weighted by Gasteiger charge is 2.24. The highest BCUT2D eigenvalue weighted by Crippen LogP contribution is 2.33. The van der Waals surface area contributed by atoms with E-state index in [9.17, 15) is 9.59 Å². The van der Waals surface area contributed by atoms with Crippen LogP contribution in [0.3, 0.4) is 0 Å². The van der Waals surface area contributed by atoms with E-state index in [2.05, 4.69) is 17.4 Å². The minimum absolute atomic E-state index is 0.0470. The van der Waals surface area contributed by atoms with E-state index in [1.807, 2.05) is 72.2 Å². The molecular weight excluding hydrogens is 468 g/mol. The Kier molecular flexibility index (Phi) is 6.78. The zero-order valence-electron chi connectivity index (χ0n) is 20.1. The lowest BCUT2D eigenvalue weighted by Gasteiger charge is -2.16. The summed E-state index contributed by atoms with van der Waals surface area (Å²) in [5.74, 6) is 0.455. The Morgan fingerprint density at radius 3 is 2.19 bits per heavy atom. The molecule has 0 radical (unpaired) electrons. The number of rotatable bonds is 7. The third kappa shape index (κ3) is 4.60. The Balaban J connectivity index is 1.40. The lowest BCUT2D eigenvalue weighted by atomic mass is 10.2. The van der Waals surface area contributed by atoms with E-state index in [0.29, 0.717) is 23.4 Å². The molecule has 0 saturated carbocycles. The first-order valence-electron chi connectivity index (χ1n) is 11.8. The molecule has 0 spiro atoms. The quantitative estimate of drug-likeness (QED) is 0.242. The van der Waals surface area contributed by atoms with Gasteiger partial charge in [-0.15, -0.1) is 11.8 Å². The normalized spacial score (nSPS) is 11.9. The summed E-state index contributed by atoms with van der Waals surface area (Å²) in [6.45, 7) is 2.03. The smallest absolute Gasteiger partial charge is 0.255 e. The first kappa shape index (κ1) is 23.7. The topological polar surface area (TPSA) is 60.3 Å². The van der Waals surface area contributed by atoms with Crippen molar-refractivity contribution in [2.45, 2.75) is 23.5 Å². The molecule has 0 bridgehead atoms. The standard InChI is InChI=1S/C30H26N2O3S/c1-3-28(30(34)32-26-16-6-4-14-24(26)25-15-5-7-17-27(25)32)36-23-13-9-11-21(19-23)31-29(33)20-10-8-12-22(18-20)35-2/h4-19,28H,3H2,1-2H3,(H,31,33). The molecule has 0 saturated heterocycles. The third-order valence-corrected chi connectivity index (χ3v) is 7.49. The predicted octanol–water partition coefficient (Wildman–Crippen LogP) is 7.27. The van der Waals surface area contributed by atoms with Crippen LogP contribution in [0.2, 0.25) is 0 Å². The van der Waals surface area contributed by atoms with Gasteiger partial charge in [-0.2, -0.15) is 0 Å². The van der Waals surface area contributed by atoms with Gasteiger partial charge in [0.05, 0.1) is 23.4 Å². The Morgan fingerprint density at radius 1 is 0.861 bits per heavy atom. The fourth-order valence-electron chi connectivity index (χ4n) is 4.39. The van der Waals surface area contributed by atoms with E-state index in [-0.39, 0.29) is 17.1 Å². The second-order valence-electron chi connectivity index (χ2n) is 8.44. The molecule has 1 heterocycles. The number of benzene rings is 4. The van der Waals surface area contributed by atoms with E-state index < -0.39 is 0 Å². The Labute approximate surface area is 214 Å². The molecule has 180 valence electrons. The van der Waals surface area contributed by atoms with Gasteiger partial charge in [-0.25, -0.2) is 0 Å². The zero-order chi connectivity index (χ0) is 25.1. The summed E-state index contributed by atoms with van der Waals surface area (Å²) in [5.41, 5.74) is 3.02. The van der Waals surface area contributed by atoms with Gasteiger partial charge in [-0.05, 0) is 55.0 Å². The third-order valence-electron chi connectivity index (χ3n) is 6.15. The van der Waals surface area contributed by atoms with Crippen LogP contribution < -0.4 is 10.1 Å². The van der Waals surface area contributed by atoms with Crippen LogP contribution in [0.15, 0.2) is 102 Å². The van der Waals surface area contributed by atoms with Crippen LogP contribution >= 0.6 is 11.8 Å². The highest BCUT2D eigenvalue weighted by molar-refractivity contribution is 8.00. The molecule has 1 amide bonds. The molecular formula is C30H26N2O3S. The maximum Gasteiger partial charge on any atom is 0.255 e. The van der Waals surface area contributed by atoms with Crippen LogP contribution in [0.4, 0.5) is 5.69 Å². The average Bonchev–Trinajstić information content (AvgIpc) is 3.26. The van der Waals surface area contributed by atoms with E-state index >= 15 is 0 Å². The van der Waals surface area contributed by atoms with Crippen molar-refractivity contribution in [2.75, 3.05) is 12.4 Å². The van der Waals surface area contributed by atoms with Crippen molar-refractivity contribution in [2.24, 2.45) is 0 Å². The van der Waals surface area contributed by atoms with E-state index in [0.717, 1.165) is 26.7 Å². The minimum Gasteiger partial charge on any atom is -0.497 e. The summed E-state index contributed by atoms with van der Waals surface area (Å²) in [7, 11) is 1.57. The number of carbonyl (C=O) groups excluding carboxylic acids is 2. The van der Waals surface area contributed by atoms with Crippen LogP contribution in [0, 0.1) is 0 Å². The molecule has 6 heteroatoms. The summed E-state index contributed by atoms with van der Waals surface area (Å²) in [6.07, 6.45) is 0.671. The number of hydrogen-bond donors (Lipinski definition) is 1. The van der Waals surface area contributed by atoms with Gasteiger partial charge >= 0.3 is 0 Å². The lowest BCUT2D eigenvalue weighted by Crippen LogP contribution is -2.23. The number of carbonyl (C=O) groups is 2. The summed E-state index contributed by atoms with van der Waals surface area (Å²) in [6, 6.07) is 30.7. The number of ether oxygens (including phenoxy) is 1. The summed E-state index contributed by atoms with van der Waals surface area (Å²) in [5, 5.41) is 4.81. The number of nitrogens with zero attached hydrogens (tertiary/aromatic N) is 1. The first-order chi connectivity index (χ1) is 17.6. The Morgan fingerprint density at radius 2 is 1.53 bits per heavy atom. The summed E-state index contributed by atoms with van der Waals surface area (Å²) >= 11 is 1.51. The van der Waals surface area contributed by atoms with Crippen LogP contribution in [0.1, 0.15) is 28.5 Å². The van der Waals surface area contributed by atoms with Gasteiger partial charge in [0.2, 0.25) is 5.91 Å². The maximum atomic E-state index is 13.8. The van der Waals surface area contributed by atoms with Crippen LogP contribution in [0.25, 0.3) is 21.8 Å². The summed E-state index contributed by atoms with van der Waals surface area (Å²) in [4.78, 5) is 27.5. The van der Waals surface area contributed by atoms with Gasteiger partial charge in [-0.1, -0.05) is 55.5 Å². The SMILES string of the molecule is CCC(Sc1cccc(NC(=O)c2cccc(OC)c2)c1)C(=O)n1c2ccccc2c2ccccc21. The summed E-state index contributed by atoms with van der Waals surface area (Å²) < 4.78 is 7.07. The average molecular weight is 495 g/mol. The number of nitrogens with one attached hydrogen (secondary N) is 1. The van der Waals surface area contributed by atoms with E-state index in [1.165, 1.54) is 11.8 Å². The molecule has 5 aromatic rings. The number of aromatic nitrogens is 1. The van der Waals surface area contributed by atoms with Crippen molar-refractivity contribution in [3.63, 3.8) is 0 Å². The van der Waals surface area contributed by atoms with E-state index in [4.69, 9.17) is 4.74 Å². The van der Waals surface area contributed by atoms with Crippen LogP contribution in [-0.2, 0) is 0 Å². The fraction of sp³-hybridized carbons (Fsp3) is 0.133. The monoisotopic (exact) mass is 494 g/mol. The number of para-hydroxylation sites is 2. The molecule has 1 atom stereocenters. The second kappa shape index (κ2) is 10.3. The number of amides is 1. The van der Waals surface area contributed by atoms with Gasteiger partial charge in [0.15, 0.2) is 0 Å². The molecule has 5 rings (SSSR count). The van der Waals surface area contributed by atoms with Gasteiger partial charge in [0, 0.05) is 26.9 Å². The van der Waals surface area contributed by atoms with Crippen LogP contribution in [-0.4, -0.2) is 28.7 Å². The number of methoxy groups -OCH3 is 1. The molecule has 0 aliphatic rings. The van der Waals surface area contributed by atoms with Crippen molar-refractivity contribution in [3.8, 4) is 5.75 Å². The fourth-order valence-corrected chi connectivity index (χ4v) is 5.44.